The Morgan fingerprint density at radius 2 is 1.74 bits per heavy atom. The molecular weight excluding hydrogens is 304 g/mol. The van der Waals surface area contributed by atoms with Gasteiger partial charge in [-0.2, -0.15) is 0 Å². The highest BCUT2D eigenvalue weighted by Gasteiger charge is 2.11. The number of alkyl halides is 1. The van der Waals surface area contributed by atoms with E-state index >= 15 is 0 Å². The van der Waals surface area contributed by atoms with Crippen molar-refractivity contribution in [3.63, 3.8) is 0 Å². The van der Waals surface area contributed by atoms with Gasteiger partial charge < -0.3 is 4.74 Å². The average Bonchev–Trinajstić information content (AvgIpc) is 2.46. The highest BCUT2D eigenvalue weighted by molar-refractivity contribution is 9.10. The van der Waals surface area contributed by atoms with Gasteiger partial charge in [-0.05, 0) is 36.8 Å². The van der Waals surface area contributed by atoms with Gasteiger partial charge in [-0.3, -0.25) is 4.79 Å². The van der Waals surface area contributed by atoms with Crippen molar-refractivity contribution in [1.29, 1.82) is 0 Å². The predicted octanol–water partition coefficient (Wildman–Crippen LogP) is 4.23. The van der Waals surface area contributed by atoms with Gasteiger partial charge >= 0.3 is 0 Å². The molecule has 2 aromatic carbocycles. The standard InChI is InChI=1S/C16H15BrO2/c1-12(17)16(18)14-7-9-15(10-8-14)19-11-13-5-3-2-4-6-13/h2-10,12H,11H2,1H3/t12-/m1/s1. The van der Waals surface area contributed by atoms with Gasteiger partial charge in [0.2, 0.25) is 0 Å². The zero-order chi connectivity index (χ0) is 13.7. The lowest BCUT2D eigenvalue weighted by molar-refractivity contribution is 0.0996. The van der Waals surface area contributed by atoms with E-state index in [-0.39, 0.29) is 10.6 Å². The van der Waals surface area contributed by atoms with Gasteiger partial charge in [-0.1, -0.05) is 46.3 Å². The maximum absolute atomic E-state index is 11.7. The summed E-state index contributed by atoms with van der Waals surface area (Å²) in [5.74, 6) is 0.845. The van der Waals surface area contributed by atoms with Crippen LogP contribution < -0.4 is 4.74 Å². The third-order valence-corrected chi connectivity index (χ3v) is 3.16. The smallest absolute Gasteiger partial charge is 0.176 e. The molecule has 0 aromatic heterocycles. The Bertz CT molecular complexity index is 532. The highest BCUT2D eigenvalue weighted by Crippen LogP contribution is 2.16. The number of carbonyl (C=O) groups is 1. The first-order valence-corrected chi connectivity index (χ1v) is 7.03. The number of ether oxygens (including phenoxy) is 1. The predicted molar refractivity (Wildman–Crippen MR) is 79.9 cm³/mol. The van der Waals surface area contributed by atoms with Crippen LogP contribution in [0.5, 0.6) is 5.75 Å². The SMILES string of the molecule is C[C@@H](Br)C(=O)c1ccc(OCc2ccccc2)cc1. The number of hydrogen-bond acceptors (Lipinski definition) is 2. The Morgan fingerprint density at radius 1 is 1.11 bits per heavy atom. The van der Waals surface area contributed by atoms with Crippen LogP contribution in [0.1, 0.15) is 22.8 Å². The molecule has 0 aliphatic rings. The molecule has 0 aliphatic heterocycles. The van der Waals surface area contributed by atoms with Crippen LogP contribution in [-0.2, 0) is 6.61 Å². The van der Waals surface area contributed by atoms with E-state index in [0.29, 0.717) is 12.2 Å². The zero-order valence-corrected chi connectivity index (χ0v) is 12.3. The topological polar surface area (TPSA) is 26.3 Å². The Balaban J connectivity index is 1.98. The first kappa shape index (κ1) is 13.8. The number of ketones is 1. The Labute approximate surface area is 121 Å². The van der Waals surface area contributed by atoms with Crippen molar-refractivity contribution in [1.82, 2.24) is 0 Å². The Morgan fingerprint density at radius 3 is 2.32 bits per heavy atom. The minimum Gasteiger partial charge on any atom is -0.489 e. The molecule has 0 saturated heterocycles. The van der Waals surface area contributed by atoms with Crippen LogP contribution in [0, 0.1) is 0 Å². The number of hydrogen-bond donors (Lipinski definition) is 0. The monoisotopic (exact) mass is 318 g/mol. The molecule has 0 heterocycles. The summed E-state index contributed by atoms with van der Waals surface area (Å²) in [6.45, 7) is 2.35. The van der Waals surface area contributed by atoms with Crippen molar-refractivity contribution >= 4 is 21.7 Å². The molecule has 2 nitrogen and oxygen atoms in total. The molecular formula is C16H15BrO2. The quantitative estimate of drug-likeness (QED) is 0.609. The largest absolute Gasteiger partial charge is 0.489 e. The second-order valence-electron chi connectivity index (χ2n) is 4.28. The zero-order valence-electron chi connectivity index (χ0n) is 10.7. The summed E-state index contributed by atoms with van der Waals surface area (Å²) >= 11 is 3.28. The van der Waals surface area contributed by atoms with Crippen molar-refractivity contribution in [3.8, 4) is 5.75 Å². The van der Waals surface area contributed by atoms with E-state index < -0.39 is 0 Å². The second-order valence-corrected chi connectivity index (χ2v) is 5.65. The molecule has 0 fully saturated rings. The van der Waals surface area contributed by atoms with Crippen LogP contribution in [0.15, 0.2) is 54.6 Å². The van der Waals surface area contributed by atoms with Crippen molar-refractivity contribution in [2.75, 3.05) is 0 Å². The molecule has 0 radical (unpaired) electrons. The number of benzene rings is 2. The Hall–Kier alpha value is -1.61. The lowest BCUT2D eigenvalue weighted by Gasteiger charge is -2.07. The lowest BCUT2D eigenvalue weighted by atomic mass is 10.1. The Kier molecular flexibility index (Phi) is 4.74. The minimum absolute atomic E-state index is 0.0783. The van der Waals surface area contributed by atoms with Crippen LogP contribution in [0.3, 0.4) is 0 Å². The molecule has 0 bridgehead atoms. The van der Waals surface area contributed by atoms with E-state index in [1.165, 1.54) is 0 Å². The molecule has 1 atom stereocenters. The summed E-state index contributed by atoms with van der Waals surface area (Å²) in [7, 11) is 0. The van der Waals surface area contributed by atoms with Crippen LogP contribution in [0.2, 0.25) is 0 Å². The van der Waals surface area contributed by atoms with Gasteiger partial charge in [-0.25, -0.2) is 0 Å². The summed E-state index contributed by atoms with van der Waals surface area (Å²) in [5, 5.41) is 0. The third-order valence-electron chi connectivity index (χ3n) is 2.75. The van der Waals surface area contributed by atoms with Gasteiger partial charge in [0, 0.05) is 5.56 Å². The van der Waals surface area contributed by atoms with E-state index in [4.69, 9.17) is 4.74 Å². The fraction of sp³-hybridized carbons (Fsp3) is 0.188. The van der Waals surface area contributed by atoms with Crippen molar-refractivity contribution in [2.45, 2.75) is 18.4 Å². The van der Waals surface area contributed by atoms with Gasteiger partial charge in [0.15, 0.2) is 5.78 Å². The molecule has 3 heteroatoms. The summed E-state index contributed by atoms with van der Waals surface area (Å²) in [5.41, 5.74) is 1.81. The van der Waals surface area contributed by atoms with Gasteiger partial charge in [-0.15, -0.1) is 0 Å². The number of halogens is 1. The van der Waals surface area contributed by atoms with Crippen LogP contribution in [0.4, 0.5) is 0 Å². The fourth-order valence-corrected chi connectivity index (χ4v) is 1.95. The van der Waals surface area contributed by atoms with E-state index in [1.807, 2.05) is 49.4 Å². The molecule has 19 heavy (non-hydrogen) atoms. The van der Waals surface area contributed by atoms with E-state index in [9.17, 15) is 4.79 Å². The summed E-state index contributed by atoms with van der Waals surface area (Å²) in [4.78, 5) is 11.6. The minimum atomic E-state index is -0.163. The van der Waals surface area contributed by atoms with E-state index in [0.717, 1.165) is 11.3 Å². The normalized spacial score (nSPS) is 11.9. The maximum Gasteiger partial charge on any atom is 0.176 e. The van der Waals surface area contributed by atoms with Crippen LogP contribution >= 0.6 is 15.9 Å². The molecule has 0 spiro atoms. The number of rotatable bonds is 5. The summed E-state index contributed by atoms with van der Waals surface area (Å²) in [6, 6.07) is 17.2. The molecule has 98 valence electrons. The van der Waals surface area contributed by atoms with Gasteiger partial charge in [0.1, 0.15) is 12.4 Å². The molecule has 0 N–H and O–H groups in total. The van der Waals surface area contributed by atoms with Crippen molar-refractivity contribution in [3.05, 3.63) is 65.7 Å². The summed E-state index contributed by atoms with van der Waals surface area (Å²) in [6.07, 6.45) is 0. The first-order valence-electron chi connectivity index (χ1n) is 6.12. The molecule has 0 saturated carbocycles. The number of Topliss-reactive ketones (excluding diaryl/α,β-unsaturated/α-hetero) is 1. The lowest BCUT2D eigenvalue weighted by Crippen LogP contribution is -2.09. The van der Waals surface area contributed by atoms with Crippen molar-refractivity contribution in [2.24, 2.45) is 0 Å². The maximum atomic E-state index is 11.7. The van der Waals surface area contributed by atoms with Crippen molar-refractivity contribution < 1.29 is 9.53 Å². The van der Waals surface area contributed by atoms with Gasteiger partial charge in [0.05, 0.1) is 4.83 Å². The van der Waals surface area contributed by atoms with Gasteiger partial charge in [0.25, 0.3) is 0 Å². The third kappa shape index (κ3) is 3.93. The highest BCUT2D eigenvalue weighted by atomic mass is 79.9. The molecule has 2 aromatic rings. The molecule has 0 amide bonds. The van der Waals surface area contributed by atoms with E-state index in [2.05, 4.69) is 15.9 Å². The molecule has 2 rings (SSSR count). The van der Waals surface area contributed by atoms with E-state index in [1.54, 1.807) is 12.1 Å². The summed E-state index contributed by atoms with van der Waals surface area (Å²) < 4.78 is 5.66. The fourth-order valence-electron chi connectivity index (χ4n) is 1.69. The number of carbonyl (C=O) groups excluding carboxylic acids is 1. The molecule has 0 aliphatic carbocycles. The average molecular weight is 319 g/mol. The first-order chi connectivity index (χ1) is 9.16. The van der Waals surface area contributed by atoms with Crippen LogP contribution in [-0.4, -0.2) is 10.6 Å². The second kappa shape index (κ2) is 6.53. The van der Waals surface area contributed by atoms with Crippen LogP contribution in [0.25, 0.3) is 0 Å². The molecule has 0 unspecified atom stereocenters.